The van der Waals surface area contributed by atoms with Crippen molar-refractivity contribution >= 4 is 122 Å². The van der Waals surface area contributed by atoms with E-state index < -0.39 is 19.7 Å². The van der Waals surface area contributed by atoms with E-state index in [-0.39, 0.29) is 35.3 Å². The number of ketones is 2. The number of hydrazine groups is 1. The molecule has 2 amide bonds. The highest BCUT2D eigenvalue weighted by Gasteiger charge is 2.47. The average molecular weight is 1580 g/mol. The second-order valence-electron chi connectivity index (χ2n) is 25.7. The van der Waals surface area contributed by atoms with E-state index in [0.29, 0.717) is 68.4 Å². The molecular formula is C75H96N12O10S8. The van der Waals surface area contributed by atoms with Crippen LogP contribution < -0.4 is 37.4 Å². The lowest BCUT2D eigenvalue weighted by Crippen LogP contribution is -2.43. The van der Waals surface area contributed by atoms with Gasteiger partial charge in [-0.1, -0.05) is 6.07 Å². The number of sulfone groups is 2. The number of anilines is 2. The van der Waals surface area contributed by atoms with Gasteiger partial charge in [-0.15, -0.1) is 68.0 Å². The number of thiophene rings is 6. The Bertz CT molecular complexity index is 4260. The van der Waals surface area contributed by atoms with Gasteiger partial charge in [0, 0.05) is 135 Å². The number of carbonyl (C=O) groups is 4. The topological polar surface area (TPSA) is 284 Å². The smallest absolute Gasteiger partial charge is 0.275 e. The molecule has 4 atom stereocenters. The molecule has 3 saturated heterocycles. The molecule has 7 N–H and O–H groups in total. The molecule has 2 saturated carbocycles. The van der Waals surface area contributed by atoms with E-state index >= 15 is 0 Å². The molecule has 2 aliphatic carbocycles. The minimum atomic E-state index is -3.26. The Morgan fingerprint density at radius 2 is 1.09 bits per heavy atom. The van der Waals surface area contributed by atoms with Gasteiger partial charge >= 0.3 is 0 Å². The number of piperidine rings is 1. The molecule has 12 heterocycles. The number of aryl methyl sites for hydroxylation is 6. The molecule has 0 spiro atoms. The molecule has 105 heavy (non-hydrogen) atoms. The number of pyridine rings is 3. The van der Waals surface area contributed by atoms with Crippen molar-refractivity contribution in [2.75, 3.05) is 94.6 Å². The zero-order valence-electron chi connectivity index (χ0n) is 60.2. The number of amides is 2. The number of nitrogens with one attached hydrogen (secondary N) is 7. The Morgan fingerprint density at radius 1 is 0.524 bits per heavy atom. The van der Waals surface area contributed by atoms with Crippen molar-refractivity contribution in [2.45, 2.75) is 126 Å². The minimum Gasteiger partial charge on any atom is -0.384 e. The first-order valence-electron chi connectivity index (χ1n) is 35.2. The van der Waals surface area contributed by atoms with Gasteiger partial charge in [0.25, 0.3) is 11.8 Å². The Labute approximate surface area is 641 Å². The van der Waals surface area contributed by atoms with Crippen LogP contribution in [0.2, 0.25) is 0 Å². The van der Waals surface area contributed by atoms with E-state index in [9.17, 15) is 36.0 Å². The summed E-state index contributed by atoms with van der Waals surface area (Å²) in [6.45, 7) is 22.3. The zero-order chi connectivity index (χ0) is 74.6. The predicted octanol–water partition coefficient (Wildman–Crippen LogP) is 12.4. The molecule has 3 aliphatic heterocycles. The van der Waals surface area contributed by atoms with Gasteiger partial charge in [-0.3, -0.25) is 49.4 Å². The molecule has 0 aromatic carbocycles. The van der Waals surface area contributed by atoms with Gasteiger partial charge < -0.3 is 36.1 Å². The molecule has 0 radical (unpaired) electrons. The minimum absolute atomic E-state index is 0.0532. The molecule has 30 heteroatoms. The molecule has 4 unspecified atom stereocenters. The molecule has 5 fully saturated rings. The van der Waals surface area contributed by atoms with Gasteiger partial charge in [0.1, 0.15) is 20.2 Å². The summed E-state index contributed by atoms with van der Waals surface area (Å²) in [5.74, 6) is 0.709. The average Bonchev–Trinajstić information content (AvgIpc) is 1.63. The van der Waals surface area contributed by atoms with Gasteiger partial charge in [0.15, 0.2) is 11.6 Å². The number of Topliss-reactive ketones (excluding diaryl/α,β-unsaturated/α-hetero) is 2. The summed E-state index contributed by atoms with van der Waals surface area (Å²) in [7, 11) is -6.41. The van der Waals surface area contributed by atoms with Crippen LogP contribution in [0.4, 0.5) is 11.4 Å². The third kappa shape index (κ3) is 27.7. The molecule has 0 bridgehead atoms. The van der Waals surface area contributed by atoms with Crippen molar-refractivity contribution in [3.05, 3.63) is 201 Å². The van der Waals surface area contributed by atoms with Gasteiger partial charge in [0.2, 0.25) is 19.7 Å². The number of hydrogen-bond donors (Lipinski definition) is 7. The summed E-state index contributed by atoms with van der Waals surface area (Å²) in [6.07, 6.45) is 15.3. The van der Waals surface area contributed by atoms with Gasteiger partial charge in [-0.05, 0) is 202 Å². The zero-order valence-corrected chi connectivity index (χ0v) is 66.7. The van der Waals surface area contributed by atoms with Crippen LogP contribution in [-0.4, -0.2) is 173 Å². The number of rotatable bonds is 23. The summed E-state index contributed by atoms with van der Waals surface area (Å²) in [4.78, 5) is 74.8. The van der Waals surface area contributed by atoms with Crippen LogP contribution in [-0.2, 0) is 35.7 Å². The monoisotopic (exact) mass is 1580 g/mol. The van der Waals surface area contributed by atoms with Crippen LogP contribution >= 0.6 is 68.0 Å². The second kappa shape index (κ2) is 42.0. The van der Waals surface area contributed by atoms with Crippen LogP contribution in [0.15, 0.2) is 155 Å². The fraction of sp³-hybridized carbons (Fsp3) is 0.427. The normalized spacial score (nSPS) is 18.1. The highest BCUT2D eigenvalue weighted by Crippen LogP contribution is 2.40. The van der Waals surface area contributed by atoms with E-state index in [2.05, 4.69) is 62.2 Å². The van der Waals surface area contributed by atoms with Crippen LogP contribution in [0.3, 0.4) is 0 Å². The first-order chi connectivity index (χ1) is 50.6. The maximum Gasteiger partial charge on any atom is 0.275 e. The van der Waals surface area contributed by atoms with E-state index in [1.807, 2.05) is 133 Å². The van der Waals surface area contributed by atoms with Crippen LogP contribution in [0.25, 0.3) is 0 Å². The Balaban J connectivity index is 0.000000146. The van der Waals surface area contributed by atoms with E-state index in [0.717, 1.165) is 138 Å². The molecular weight excluding hydrogens is 1490 g/mol. The maximum absolute atomic E-state index is 12.2. The lowest BCUT2D eigenvalue weighted by Gasteiger charge is -2.32. The number of nitrogens with zero attached hydrogens (tertiary/aromatic N) is 5. The van der Waals surface area contributed by atoms with E-state index in [4.69, 9.17) is 9.47 Å². The molecule has 14 rings (SSSR count). The van der Waals surface area contributed by atoms with Crippen molar-refractivity contribution < 1.29 is 45.5 Å². The second-order valence-corrected chi connectivity index (χ2v) is 37.9. The summed E-state index contributed by atoms with van der Waals surface area (Å²) in [6, 6.07) is 37.3. The first-order valence-corrected chi connectivity index (χ1v) is 43.4. The maximum atomic E-state index is 12.2. The Hall–Kier alpha value is -6.85. The van der Waals surface area contributed by atoms with E-state index in [1.165, 1.54) is 55.1 Å². The predicted molar refractivity (Wildman–Crippen MR) is 425 cm³/mol. The van der Waals surface area contributed by atoms with Crippen molar-refractivity contribution in [3.8, 4) is 0 Å². The largest absolute Gasteiger partial charge is 0.384 e. The number of morpholine rings is 2. The summed E-state index contributed by atoms with van der Waals surface area (Å²) in [5, 5.41) is 15.6. The summed E-state index contributed by atoms with van der Waals surface area (Å²) < 4.78 is 59.5. The fourth-order valence-electron chi connectivity index (χ4n) is 11.7. The lowest BCUT2D eigenvalue weighted by atomic mass is 10.1. The van der Waals surface area contributed by atoms with Crippen molar-refractivity contribution in [3.63, 3.8) is 0 Å². The van der Waals surface area contributed by atoms with Crippen LogP contribution in [0, 0.1) is 47.5 Å². The van der Waals surface area contributed by atoms with Gasteiger partial charge in [-0.25, -0.2) is 22.3 Å². The summed E-state index contributed by atoms with van der Waals surface area (Å²) >= 11 is 8.85. The molecule has 564 valence electrons. The van der Waals surface area contributed by atoms with Crippen molar-refractivity contribution in [1.82, 2.24) is 51.6 Å². The van der Waals surface area contributed by atoms with Crippen LogP contribution in [0.1, 0.15) is 119 Å². The quantitative estimate of drug-likeness (QED) is 0.0231. The summed E-state index contributed by atoms with van der Waals surface area (Å²) in [5.41, 5.74) is 8.07. The van der Waals surface area contributed by atoms with Crippen molar-refractivity contribution in [1.29, 1.82) is 0 Å². The Kier molecular flexibility index (Phi) is 32.9. The van der Waals surface area contributed by atoms with E-state index in [1.54, 1.807) is 89.3 Å². The SMILES string of the molecule is Cc1ccc(C(=O)C2CC2N2CCOCC2)s1.Cc1ccc(C(=O)CCNc2ccncc2)s1.Cc1ccc(C(=O)NC2CCC(N3CCOCC3)C2)s1.Cc1ccc(C(=O)NNCc2ccccn2)s1.Cc1ccc(S(=O)(=O)CNC2CCNCC2)s1.Cc1ccc(S(=O)(=O)CNc2cccnc2)s1. The number of carbonyl (C=O) groups excluding carboxylic acids is 4. The molecule has 5 aliphatic rings. The third-order valence-electron chi connectivity index (χ3n) is 17.5. The fourth-order valence-corrected chi connectivity index (χ4v) is 20.0. The highest BCUT2D eigenvalue weighted by molar-refractivity contribution is 7.93. The Morgan fingerprint density at radius 3 is 1.64 bits per heavy atom. The molecule has 9 aromatic heterocycles. The van der Waals surface area contributed by atoms with Gasteiger partial charge in [0.05, 0.1) is 63.9 Å². The molecule has 9 aromatic rings. The third-order valence-corrected chi connectivity index (χ3v) is 27.7. The number of hydrogen-bond acceptors (Lipinski definition) is 26. The standard InChI is InChI=1S/C15H22N2O2S.C13H14N2OS.C13H17NO2S.C12H13N3OS.C11H18N2O2S2.C11H12N2O2S2/c1-11-2-5-14(20-11)15(18)16-12-3-4-13(10-12)17-6-8-19-9-7-17;1-10-2-3-13(17-10)12(16)6-9-15-11-4-7-14-8-5-11;1-9-2-3-12(17-9)13(15)10-8-11(10)14-4-6-16-7-5-14;1-9-5-6-11(17-9)12(16)15-14-8-10-4-2-3-7-13-10;1-9-2-3-11(16-9)17(14,15)8-13-10-4-6-12-7-5-10;1-9-4-5-11(16-9)17(14,15)8-13-10-3-2-6-12-7-10/h2,5,12-13H,3-4,6-10H2,1H3,(H,16,18);2-5,7-8H,6,9H2,1H3,(H,14,15);2-3,10-11H,4-8H2,1H3;2-7,14H,8H2,1H3,(H,15,16);2-3,10,12-13H,4-8H2,1H3;2-7,13H,8H2,1H3. The molecule has 22 nitrogen and oxygen atoms in total. The lowest BCUT2D eigenvalue weighted by molar-refractivity contribution is 0.0175. The van der Waals surface area contributed by atoms with Crippen molar-refractivity contribution in [2.24, 2.45) is 5.92 Å². The van der Waals surface area contributed by atoms with Crippen LogP contribution in [0.5, 0.6) is 0 Å². The number of ether oxygens (including phenoxy) is 2. The van der Waals surface area contributed by atoms with Gasteiger partial charge in [-0.2, -0.15) is 0 Å². The first kappa shape index (κ1) is 82.2. The highest BCUT2D eigenvalue weighted by atomic mass is 32.2. The number of aromatic nitrogens is 3.